The van der Waals surface area contributed by atoms with E-state index >= 15 is 0 Å². The summed E-state index contributed by atoms with van der Waals surface area (Å²) in [5.74, 6) is 0.390. The number of benzene rings is 2. The first-order chi connectivity index (χ1) is 13.5. The zero-order chi connectivity index (χ0) is 20.1. The molecule has 0 bridgehead atoms. The van der Waals surface area contributed by atoms with Gasteiger partial charge in [0.05, 0.1) is 16.8 Å². The van der Waals surface area contributed by atoms with Crippen LogP contribution in [0.15, 0.2) is 54.0 Å². The van der Waals surface area contributed by atoms with E-state index in [2.05, 4.69) is 18.5 Å². The Labute approximate surface area is 173 Å². The lowest BCUT2D eigenvalue weighted by Crippen LogP contribution is -2.16. The third-order valence-corrected chi connectivity index (χ3v) is 5.84. The predicted octanol–water partition coefficient (Wildman–Crippen LogP) is 5.77. The van der Waals surface area contributed by atoms with Crippen molar-refractivity contribution in [2.75, 3.05) is 6.61 Å². The lowest BCUT2D eigenvalue weighted by Gasteiger charge is -2.06. The molecule has 6 heteroatoms. The van der Waals surface area contributed by atoms with Gasteiger partial charge >= 0.3 is 0 Å². The van der Waals surface area contributed by atoms with Crippen LogP contribution >= 0.6 is 22.9 Å². The number of rotatable bonds is 7. The van der Waals surface area contributed by atoms with Gasteiger partial charge in [-0.2, -0.15) is 4.99 Å². The number of unbranched alkanes of at least 4 members (excludes halogenated alkanes) is 1. The van der Waals surface area contributed by atoms with Crippen LogP contribution in [0.1, 0.15) is 35.7 Å². The smallest absolute Gasteiger partial charge is 0.279 e. The number of fused-ring (bicyclic) bond motifs is 1. The van der Waals surface area contributed by atoms with Crippen molar-refractivity contribution in [1.29, 1.82) is 0 Å². The lowest BCUT2D eigenvalue weighted by atomic mass is 10.2. The van der Waals surface area contributed by atoms with E-state index in [4.69, 9.17) is 16.3 Å². The zero-order valence-corrected chi connectivity index (χ0v) is 17.6. The molecule has 0 aliphatic heterocycles. The third-order valence-electron chi connectivity index (χ3n) is 4.39. The normalized spacial score (nSPS) is 11.8. The minimum atomic E-state index is -0.297. The second-order valence-electron chi connectivity index (χ2n) is 6.45. The van der Waals surface area contributed by atoms with Gasteiger partial charge in [0.1, 0.15) is 5.75 Å². The Morgan fingerprint density at radius 1 is 1.36 bits per heavy atom. The Hall–Kier alpha value is -2.37. The number of halogens is 1. The standard InChI is InChI=1S/C22H23ClN2O2S/c1-4-6-13-27-17-9-7-8-16(14-17)21(26)24-22-25(12-5-2)20-15(3)18(23)10-11-19(20)28-22/h5,7-11,14H,2,4,6,12-13H2,1,3H3. The number of ether oxygens (including phenoxy) is 1. The summed E-state index contributed by atoms with van der Waals surface area (Å²) in [6, 6.07) is 11.0. The van der Waals surface area contributed by atoms with Crippen LogP contribution in [0.5, 0.6) is 5.75 Å². The van der Waals surface area contributed by atoms with Crippen molar-refractivity contribution in [3.05, 3.63) is 70.0 Å². The summed E-state index contributed by atoms with van der Waals surface area (Å²) >= 11 is 7.76. The number of hydrogen-bond acceptors (Lipinski definition) is 3. The van der Waals surface area contributed by atoms with Gasteiger partial charge in [-0.15, -0.1) is 6.58 Å². The molecule has 0 aliphatic carbocycles. The highest BCUT2D eigenvalue weighted by Crippen LogP contribution is 2.27. The van der Waals surface area contributed by atoms with E-state index in [0.29, 0.717) is 34.3 Å². The Kier molecular flexibility index (Phi) is 6.70. The van der Waals surface area contributed by atoms with Crippen LogP contribution in [0.3, 0.4) is 0 Å². The van der Waals surface area contributed by atoms with E-state index in [1.165, 1.54) is 11.3 Å². The number of hydrogen-bond donors (Lipinski definition) is 0. The quantitative estimate of drug-likeness (QED) is 0.363. The predicted molar refractivity (Wildman–Crippen MR) is 116 cm³/mol. The monoisotopic (exact) mass is 414 g/mol. The summed E-state index contributed by atoms with van der Waals surface area (Å²) < 4.78 is 8.72. The Balaban J connectivity index is 2.01. The van der Waals surface area contributed by atoms with Crippen molar-refractivity contribution in [3.8, 4) is 5.75 Å². The molecule has 0 fully saturated rings. The first-order valence-corrected chi connectivity index (χ1v) is 10.5. The van der Waals surface area contributed by atoms with Gasteiger partial charge in [-0.25, -0.2) is 0 Å². The Morgan fingerprint density at radius 3 is 2.93 bits per heavy atom. The van der Waals surface area contributed by atoms with Crippen LogP contribution in [-0.2, 0) is 6.54 Å². The highest BCUT2D eigenvalue weighted by molar-refractivity contribution is 7.16. The highest BCUT2D eigenvalue weighted by atomic mass is 35.5. The fourth-order valence-electron chi connectivity index (χ4n) is 2.90. The molecular formula is C22H23ClN2O2S. The van der Waals surface area contributed by atoms with Crippen molar-refractivity contribution < 1.29 is 9.53 Å². The number of amides is 1. The summed E-state index contributed by atoms with van der Waals surface area (Å²) in [6.45, 7) is 9.10. The van der Waals surface area contributed by atoms with Gasteiger partial charge in [0, 0.05) is 17.1 Å². The van der Waals surface area contributed by atoms with Gasteiger partial charge in [0.2, 0.25) is 0 Å². The molecular weight excluding hydrogens is 392 g/mol. The minimum absolute atomic E-state index is 0.297. The van der Waals surface area contributed by atoms with E-state index in [1.54, 1.807) is 18.2 Å². The molecule has 1 amide bonds. The van der Waals surface area contributed by atoms with Crippen LogP contribution in [0.25, 0.3) is 10.2 Å². The molecule has 0 aliphatic rings. The summed E-state index contributed by atoms with van der Waals surface area (Å²) in [4.78, 5) is 17.8. The third kappa shape index (κ3) is 4.37. The maximum atomic E-state index is 12.8. The van der Waals surface area contributed by atoms with Crippen molar-refractivity contribution in [2.24, 2.45) is 4.99 Å². The molecule has 4 nitrogen and oxygen atoms in total. The molecule has 0 spiro atoms. The molecule has 0 atom stereocenters. The van der Waals surface area contributed by atoms with Gasteiger partial charge < -0.3 is 9.30 Å². The number of carbonyl (C=O) groups excluding carboxylic acids is 1. The molecule has 2 aromatic carbocycles. The fraction of sp³-hybridized carbons (Fsp3) is 0.273. The average Bonchev–Trinajstić information content (AvgIpc) is 3.03. The molecule has 3 rings (SSSR count). The number of allylic oxidation sites excluding steroid dienone is 1. The van der Waals surface area contributed by atoms with Crippen LogP contribution in [0.2, 0.25) is 5.02 Å². The van der Waals surface area contributed by atoms with Crippen LogP contribution < -0.4 is 9.54 Å². The first kappa shape index (κ1) is 20.4. The van der Waals surface area contributed by atoms with E-state index in [1.807, 2.05) is 35.8 Å². The van der Waals surface area contributed by atoms with Crippen LogP contribution in [-0.4, -0.2) is 17.1 Å². The zero-order valence-electron chi connectivity index (χ0n) is 16.1. The second kappa shape index (κ2) is 9.22. The topological polar surface area (TPSA) is 43.6 Å². The van der Waals surface area contributed by atoms with Gasteiger partial charge in [0.15, 0.2) is 4.80 Å². The van der Waals surface area contributed by atoms with Crippen molar-refractivity contribution in [3.63, 3.8) is 0 Å². The number of aromatic nitrogens is 1. The van der Waals surface area contributed by atoms with E-state index in [0.717, 1.165) is 28.6 Å². The molecule has 0 N–H and O–H groups in total. The van der Waals surface area contributed by atoms with Gasteiger partial charge in [-0.3, -0.25) is 4.79 Å². The van der Waals surface area contributed by atoms with Crippen molar-refractivity contribution >= 4 is 39.1 Å². The number of carbonyl (C=O) groups is 1. The number of thiazole rings is 1. The fourth-order valence-corrected chi connectivity index (χ4v) is 4.15. The molecule has 1 heterocycles. The van der Waals surface area contributed by atoms with Gasteiger partial charge in [-0.1, -0.05) is 48.4 Å². The average molecular weight is 415 g/mol. The van der Waals surface area contributed by atoms with E-state index in [-0.39, 0.29) is 5.91 Å². The Morgan fingerprint density at radius 2 is 2.18 bits per heavy atom. The summed E-state index contributed by atoms with van der Waals surface area (Å²) in [6.07, 6.45) is 3.83. The van der Waals surface area contributed by atoms with Crippen LogP contribution in [0, 0.1) is 6.92 Å². The van der Waals surface area contributed by atoms with Gasteiger partial charge in [0.25, 0.3) is 5.91 Å². The van der Waals surface area contributed by atoms with Crippen LogP contribution in [0.4, 0.5) is 0 Å². The molecule has 0 saturated heterocycles. The largest absolute Gasteiger partial charge is 0.494 e. The molecule has 146 valence electrons. The van der Waals surface area contributed by atoms with Crippen molar-refractivity contribution in [2.45, 2.75) is 33.2 Å². The summed E-state index contributed by atoms with van der Waals surface area (Å²) in [5, 5.41) is 0.693. The molecule has 3 aromatic rings. The molecule has 0 radical (unpaired) electrons. The number of aryl methyl sites for hydroxylation is 1. The molecule has 28 heavy (non-hydrogen) atoms. The molecule has 0 saturated carbocycles. The first-order valence-electron chi connectivity index (χ1n) is 9.26. The Bertz CT molecular complexity index is 1080. The SMILES string of the molecule is C=CCn1c(=NC(=O)c2cccc(OCCCC)c2)sc2ccc(Cl)c(C)c21. The number of nitrogens with zero attached hydrogens (tertiary/aromatic N) is 2. The highest BCUT2D eigenvalue weighted by Gasteiger charge is 2.12. The summed E-state index contributed by atoms with van der Waals surface area (Å²) in [7, 11) is 0. The maximum absolute atomic E-state index is 12.8. The second-order valence-corrected chi connectivity index (χ2v) is 7.87. The van der Waals surface area contributed by atoms with E-state index in [9.17, 15) is 4.79 Å². The van der Waals surface area contributed by atoms with E-state index < -0.39 is 0 Å². The summed E-state index contributed by atoms with van der Waals surface area (Å²) in [5.41, 5.74) is 2.46. The van der Waals surface area contributed by atoms with Crippen molar-refractivity contribution in [1.82, 2.24) is 4.57 Å². The molecule has 0 unspecified atom stereocenters. The maximum Gasteiger partial charge on any atom is 0.279 e. The lowest BCUT2D eigenvalue weighted by molar-refractivity contribution is 0.0997. The molecule has 1 aromatic heterocycles. The van der Waals surface area contributed by atoms with Gasteiger partial charge in [-0.05, 0) is 49.2 Å². The minimum Gasteiger partial charge on any atom is -0.494 e.